The molecule has 5 nitrogen and oxygen atoms in total. The lowest BCUT2D eigenvalue weighted by Gasteiger charge is -2.31. The Labute approximate surface area is 113 Å². The molecule has 0 aliphatic heterocycles. The highest BCUT2D eigenvalue weighted by molar-refractivity contribution is 5.95. The molecule has 3 N–H and O–H groups in total. The number of nitrogens with zero attached hydrogens (tertiary/aromatic N) is 2. The summed E-state index contributed by atoms with van der Waals surface area (Å²) in [4.78, 5) is 4.24. The number of pyridine rings is 1. The molecular weight excluding hydrogens is 242 g/mol. The van der Waals surface area contributed by atoms with Gasteiger partial charge in [0.1, 0.15) is 11.8 Å². The summed E-state index contributed by atoms with van der Waals surface area (Å²) < 4.78 is 5.91. The van der Waals surface area contributed by atoms with Crippen LogP contribution in [0, 0.1) is 11.8 Å². The summed E-state index contributed by atoms with van der Waals surface area (Å²) in [5.41, 5.74) is 5.95. The van der Waals surface area contributed by atoms with Gasteiger partial charge >= 0.3 is 0 Å². The van der Waals surface area contributed by atoms with Gasteiger partial charge in [0.25, 0.3) is 0 Å². The molecular formula is C14H21N3O2. The Kier molecular flexibility index (Phi) is 4.24. The summed E-state index contributed by atoms with van der Waals surface area (Å²) >= 11 is 0. The first-order chi connectivity index (χ1) is 9.10. The second-order valence-electron chi connectivity index (χ2n) is 5.35. The Bertz CT molecular complexity index is 462. The van der Waals surface area contributed by atoms with Gasteiger partial charge in [-0.15, -0.1) is 0 Å². The third-order valence-electron chi connectivity index (χ3n) is 3.93. The molecule has 1 aliphatic carbocycles. The van der Waals surface area contributed by atoms with E-state index in [-0.39, 0.29) is 11.9 Å². The molecule has 3 atom stereocenters. The summed E-state index contributed by atoms with van der Waals surface area (Å²) in [6.45, 7) is 4.55. The minimum Gasteiger partial charge on any atom is -0.474 e. The third-order valence-corrected chi connectivity index (χ3v) is 3.93. The van der Waals surface area contributed by atoms with Crippen molar-refractivity contribution in [1.82, 2.24) is 4.98 Å². The Morgan fingerprint density at radius 3 is 2.84 bits per heavy atom. The molecule has 0 bridgehead atoms. The fraction of sp³-hybridized carbons (Fsp3) is 0.571. The highest BCUT2D eigenvalue weighted by Crippen LogP contribution is 2.31. The lowest BCUT2D eigenvalue weighted by Crippen LogP contribution is -2.29. The van der Waals surface area contributed by atoms with Gasteiger partial charge in [-0.05, 0) is 37.2 Å². The van der Waals surface area contributed by atoms with Gasteiger partial charge in [-0.3, -0.25) is 0 Å². The van der Waals surface area contributed by atoms with Crippen LogP contribution in [0.1, 0.15) is 38.8 Å². The Hall–Kier alpha value is -1.78. The summed E-state index contributed by atoms with van der Waals surface area (Å²) in [5.74, 6) is 1.97. The van der Waals surface area contributed by atoms with Crippen molar-refractivity contribution >= 4 is 5.84 Å². The summed E-state index contributed by atoms with van der Waals surface area (Å²) in [6, 6.07) is 5.29. The van der Waals surface area contributed by atoms with E-state index in [1.54, 1.807) is 18.2 Å². The number of hydrogen-bond donors (Lipinski definition) is 2. The second-order valence-corrected chi connectivity index (χ2v) is 5.35. The maximum atomic E-state index is 8.65. The molecule has 19 heavy (non-hydrogen) atoms. The van der Waals surface area contributed by atoms with Gasteiger partial charge < -0.3 is 15.7 Å². The molecule has 5 heteroatoms. The molecule has 1 saturated carbocycles. The molecule has 1 aromatic rings. The Morgan fingerprint density at radius 1 is 1.37 bits per heavy atom. The lowest BCUT2D eigenvalue weighted by atomic mass is 9.80. The van der Waals surface area contributed by atoms with Crippen LogP contribution >= 0.6 is 0 Å². The molecule has 1 heterocycles. The van der Waals surface area contributed by atoms with Crippen LogP contribution in [0.3, 0.4) is 0 Å². The van der Waals surface area contributed by atoms with E-state index < -0.39 is 0 Å². The van der Waals surface area contributed by atoms with Gasteiger partial charge in [-0.2, -0.15) is 0 Å². The fourth-order valence-electron chi connectivity index (χ4n) is 2.45. The predicted octanol–water partition coefficient (Wildman–Crippen LogP) is 2.38. The quantitative estimate of drug-likeness (QED) is 0.380. The van der Waals surface area contributed by atoms with Crippen LogP contribution in [-0.2, 0) is 0 Å². The zero-order valence-electron chi connectivity index (χ0n) is 11.4. The van der Waals surface area contributed by atoms with Crippen molar-refractivity contribution in [3.63, 3.8) is 0 Å². The van der Waals surface area contributed by atoms with Crippen LogP contribution in [0.4, 0.5) is 0 Å². The van der Waals surface area contributed by atoms with E-state index >= 15 is 0 Å². The van der Waals surface area contributed by atoms with Gasteiger partial charge in [0.05, 0.1) is 0 Å². The van der Waals surface area contributed by atoms with E-state index in [0.717, 1.165) is 18.8 Å². The molecule has 2 rings (SSSR count). The predicted molar refractivity (Wildman–Crippen MR) is 73.3 cm³/mol. The molecule has 0 spiro atoms. The number of rotatable bonds is 3. The first kappa shape index (κ1) is 13.6. The fourth-order valence-corrected chi connectivity index (χ4v) is 2.45. The van der Waals surface area contributed by atoms with Crippen LogP contribution in [0.5, 0.6) is 5.88 Å². The smallest absolute Gasteiger partial charge is 0.214 e. The molecule has 1 fully saturated rings. The van der Waals surface area contributed by atoms with E-state index in [1.807, 2.05) is 0 Å². The molecule has 1 aromatic heterocycles. The molecule has 1 aliphatic rings. The zero-order valence-corrected chi connectivity index (χ0v) is 11.4. The van der Waals surface area contributed by atoms with Crippen molar-refractivity contribution in [3.8, 4) is 5.88 Å². The molecule has 0 amide bonds. The molecule has 0 radical (unpaired) electrons. The van der Waals surface area contributed by atoms with Crippen molar-refractivity contribution in [2.75, 3.05) is 0 Å². The Balaban J connectivity index is 2.03. The maximum absolute atomic E-state index is 8.65. The summed E-state index contributed by atoms with van der Waals surface area (Å²) in [7, 11) is 0. The second kappa shape index (κ2) is 5.91. The van der Waals surface area contributed by atoms with Crippen LogP contribution in [0.25, 0.3) is 0 Å². The largest absolute Gasteiger partial charge is 0.474 e. The first-order valence-electron chi connectivity index (χ1n) is 6.71. The van der Waals surface area contributed by atoms with E-state index in [4.69, 9.17) is 15.7 Å². The molecule has 3 unspecified atom stereocenters. The van der Waals surface area contributed by atoms with Crippen molar-refractivity contribution in [2.24, 2.45) is 22.7 Å². The van der Waals surface area contributed by atoms with E-state index in [1.165, 1.54) is 6.42 Å². The highest BCUT2D eigenvalue weighted by Gasteiger charge is 2.26. The molecule has 0 aromatic carbocycles. The van der Waals surface area contributed by atoms with Crippen LogP contribution in [0.15, 0.2) is 23.4 Å². The van der Waals surface area contributed by atoms with Gasteiger partial charge in [0.15, 0.2) is 5.84 Å². The average molecular weight is 263 g/mol. The number of amidine groups is 1. The first-order valence-corrected chi connectivity index (χ1v) is 6.71. The maximum Gasteiger partial charge on any atom is 0.214 e. The van der Waals surface area contributed by atoms with Crippen molar-refractivity contribution < 1.29 is 9.94 Å². The SMILES string of the molecule is CC1CCC(Oc2cccc(C(N)=NO)n2)CC1C. The minimum atomic E-state index is -0.00363. The monoisotopic (exact) mass is 263 g/mol. The van der Waals surface area contributed by atoms with Gasteiger partial charge in [-0.1, -0.05) is 25.1 Å². The highest BCUT2D eigenvalue weighted by atomic mass is 16.5. The topological polar surface area (TPSA) is 80.7 Å². The van der Waals surface area contributed by atoms with E-state index in [2.05, 4.69) is 24.0 Å². The Morgan fingerprint density at radius 2 is 2.16 bits per heavy atom. The molecule has 104 valence electrons. The third kappa shape index (κ3) is 3.36. The summed E-state index contributed by atoms with van der Waals surface area (Å²) in [6.07, 6.45) is 3.50. The van der Waals surface area contributed by atoms with Gasteiger partial charge in [0.2, 0.25) is 5.88 Å². The standard InChI is InChI=1S/C14H21N3O2/c1-9-6-7-11(8-10(9)2)19-13-5-3-4-12(16-13)14(15)17-18/h3-5,9-11,18H,6-8H2,1-2H3,(H2,15,17). The average Bonchev–Trinajstić information content (AvgIpc) is 2.42. The van der Waals surface area contributed by atoms with Crippen LogP contribution < -0.4 is 10.5 Å². The van der Waals surface area contributed by atoms with E-state index in [9.17, 15) is 0 Å². The van der Waals surface area contributed by atoms with E-state index in [0.29, 0.717) is 17.5 Å². The zero-order chi connectivity index (χ0) is 13.8. The van der Waals surface area contributed by atoms with Gasteiger partial charge in [0, 0.05) is 6.07 Å². The minimum absolute atomic E-state index is 0.00363. The van der Waals surface area contributed by atoms with Gasteiger partial charge in [-0.25, -0.2) is 4.98 Å². The van der Waals surface area contributed by atoms with Crippen molar-refractivity contribution in [2.45, 2.75) is 39.2 Å². The number of nitrogens with two attached hydrogens (primary N) is 1. The van der Waals surface area contributed by atoms with Crippen molar-refractivity contribution in [1.29, 1.82) is 0 Å². The lowest BCUT2D eigenvalue weighted by molar-refractivity contribution is 0.0964. The number of ether oxygens (including phenoxy) is 1. The number of hydrogen-bond acceptors (Lipinski definition) is 4. The number of aromatic nitrogens is 1. The number of oxime groups is 1. The van der Waals surface area contributed by atoms with Crippen molar-refractivity contribution in [3.05, 3.63) is 23.9 Å². The normalized spacial score (nSPS) is 28.1. The van der Waals surface area contributed by atoms with Crippen LogP contribution in [0.2, 0.25) is 0 Å². The summed E-state index contributed by atoms with van der Waals surface area (Å²) in [5, 5.41) is 11.6. The van der Waals surface area contributed by atoms with Crippen LogP contribution in [-0.4, -0.2) is 22.1 Å². The molecule has 0 saturated heterocycles.